The quantitative estimate of drug-likeness (QED) is 0.746. The van der Waals surface area contributed by atoms with Crippen molar-refractivity contribution in [2.45, 2.75) is 39.2 Å². The van der Waals surface area contributed by atoms with Gasteiger partial charge in [-0.3, -0.25) is 9.59 Å². The molecule has 2 aromatic rings. The molecule has 3 rings (SSSR count). The third-order valence-electron chi connectivity index (χ3n) is 4.44. The highest BCUT2D eigenvalue weighted by atomic mass is 32.1. The lowest BCUT2D eigenvalue weighted by atomic mass is 10.0. The zero-order valence-corrected chi connectivity index (χ0v) is 15.8. The molecule has 1 aliphatic carbocycles. The average molecular weight is 369 g/mol. The minimum Gasteiger partial charge on any atom is -0.350 e. The summed E-state index contributed by atoms with van der Waals surface area (Å²) in [6.07, 6.45) is 6.89. The first-order valence-corrected chi connectivity index (χ1v) is 9.68. The van der Waals surface area contributed by atoms with Crippen LogP contribution in [0.5, 0.6) is 0 Å². The Morgan fingerprint density at radius 2 is 2.08 bits per heavy atom. The van der Waals surface area contributed by atoms with Gasteiger partial charge in [0.05, 0.1) is 11.7 Å². The molecule has 136 valence electrons. The number of amides is 2. The first kappa shape index (κ1) is 18.3. The van der Waals surface area contributed by atoms with Gasteiger partial charge in [-0.1, -0.05) is 36.4 Å². The lowest BCUT2D eigenvalue weighted by Crippen LogP contribution is -2.23. The molecule has 0 bridgehead atoms. The summed E-state index contributed by atoms with van der Waals surface area (Å²) in [5.41, 5.74) is 2.86. The SMILES string of the molecule is CC(=O)NC(C)c1ccc(-c2csc(NC(=O)CC3C=CCC3)n2)cc1. The molecule has 0 radical (unpaired) electrons. The number of carbonyl (C=O) groups excluding carboxylic acids is 2. The van der Waals surface area contributed by atoms with E-state index in [1.165, 1.54) is 18.3 Å². The third kappa shape index (κ3) is 4.79. The van der Waals surface area contributed by atoms with Crippen LogP contribution in [-0.4, -0.2) is 16.8 Å². The molecule has 0 fully saturated rings. The Kier molecular flexibility index (Phi) is 5.83. The summed E-state index contributed by atoms with van der Waals surface area (Å²) in [7, 11) is 0. The number of thiazole rings is 1. The maximum absolute atomic E-state index is 12.1. The van der Waals surface area contributed by atoms with Crippen LogP contribution in [0.15, 0.2) is 41.8 Å². The van der Waals surface area contributed by atoms with Crippen molar-refractivity contribution in [3.63, 3.8) is 0 Å². The van der Waals surface area contributed by atoms with Crippen LogP contribution in [0.4, 0.5) is 5.13 Å². The van der Waals surface area contributed by atoms with E-state index in [0.717, 1.165) is 29.7 Å². The van der Waals surface area contributed by atoms with E-state index < -0.39 is 0 Å². The summed E-state index contributed by atoms with van der Waals surface area (Å²) in [4.78, 5) is 27.8. The number of aromatic nitrogens is 1. The number of allylic oxidation sites excluding steroid dienone is 2. The Morgan fingerprint density at radius 3 is 2.73 bits per heavy atom. The fourth-order valence-corrected chi connectivity index (χ4v) is 3.80. The number of nitrogens with one attached hydrogen (secondary N) is 2. The highest BCUT2D eigenvalue weighted by Gasteiger charge is 2.15. The van der Waals surface area contributed by atoms with E-state index in [1.54, 1.807) is 0 Å². The van der Waals surface area contributed by atoms with E-state index >= 15 is 0 Å². The third-order valence-corrected chi connectivity index (χ3v) is 5.19. The highest BCUT2D eigenvalue weighted by Crippen LogP contribution is 2.27. The molecule has 2 N–H and O–H groups in total. The molecule has 1 aromatic carbocycles. The van der Waals surface area contributed by atoms with Gasteiger partial charge < -0.3 is 10.6 Å². The second-order valence-corrected chi connectivity index (χ2v) is 7.46. The van der Waals surface area contributed by atoms with Gasteiger partial charge in [-0.15, -0.1) is 11.3 Å². The van der Waals surface area contributed by atoms with Crippen LogP contribution >= 0.6 is 11.3 Å². The van der Waals surface area contributed by atoms with Gasteiger partial charge >= 0.3 is 0 Å². The highest BCUT2D eigenvalue weighted by molar-refractivity contribution is 7.14. The van der Waals surface area contributed by atoms with Crippen LogP contribution in [0.2, 0.25) is 0 Å². The number of hydrogen-bond acceptors (Lipinski definition) is 4. The molecule has 2 atom stereocenters. The standard InChI is InChI=1S/C20H23N3O2S/c1-13(21-14(2)24)16-7-9-17(10-8-16)18-12-26-20(22-18)23-19(25)11-15-5-3-4-6-15/h3,5,7-10,12-13,15H,4,6,11H2,1-2H3,(H,21,24)(H,22,23,25). The van der Waals surface area contributed by atoms with Crippen molar-refractivity contribution >= 4 is 28.3 Å². The van der Waals surface area contributed by atoms with Crippen LogP contribution in [0.3, 0.4) is 0 Å². The van der Waals surface area contributed by atoms with Crippen LogP contribution < -0.4 is 10.6 Å². The summed E-state index contributed by atoms with van der Waals surface area (Å²) < 4.78 is 0. The molecule has 0 spiro atoms. The predicted octanol–water partition coefficient (Wildman–Crippen LogP) is 4.30. The molecule has 2 amide bonds. The van der Waals surface area contributed by atoms with E-state index in [4.69, 9.17) is 0 Å². The van der Waals surface area contributed by atoms with E-state index in [2.05, 4.69) is 27.8 Å². The van der Waals surface area contributed by atoms with Gasteiger partial charge in [0, 0.05) is 24.3 Å². The van der Waals surface area contributed by atoms with E-state index in [9.17, 15) is 9.59 Å². The summed E-state index contributed by atoms with van der Waals surface area (Å²) in [5.74, 6) is 0.323. The molecule has 1 aromatic heterocycles. The van der Waals surface area contributed by atoms with Crippen molar-refractivity contribution in [3.05, 3.63) is 47.4 Å². The monoisotopic (exact) mass is 369 g/mol. The molecule has 2 unspecified atom stereocenters. The molecule has 0 aliphatic heterocycles. The molecule has 5 nitrogen and oxygen atoms in total. The van der Waals surface area contributed by atoms with Gasteiger partial charge in [-0.25, -0.2) is 4.98 Å². The van der Waals surface area contributed by atoms with Crippen LogP contribution in [0.1, 0.15) is 44.7 Å². The molecule has 0 saturated heterocycles. The summed E-state index contributed by atoms with van der Waals surface area (Å²) in [6, 6.07) is 7.91. The minimum absolute atomic E-state index is 0.0157. The number of anilines is 1. The first-order valence-electron chi connectivity index (χ1n) is 8.80. The van der Waals surface area contributed by atoms with Crippen LogP contribution in [0.25, 0.3) is 11.3 Å². The molecule has 1 aliphatic rings. The number of nitrogens with zero attached hydrogens (tertiary/aromatic N) is 1. The van der Waals surface area contributed by atoms with Crippen molar-refractivity contribution in [1.82, 2.24) is 10.3 Å². The fourth-order valence-electron chi connectivity index (χ4n) is 3.07. The number of rotatable bonds is 6. The zero-order chi connectivity index (χ0) is 18.5. The maximum Gasteiger partial charge on any atom is 0.226 e. The Hall–Kier alpha value is -2.47. The fraction of sp³-hybridized carbons (Fsp3) is 0.350. The molecule has 6 heteroatoms. The predicted molar refractivity (Wildman–Crippen MR) is 105 cm³/mol. The van der Waals surface area contributed by atoms with Crippen molar-refractivity contribution in [3.8, 4) is 11.3 Å². The number of benzene rings is 1. The van der Waals surface area contributed by atoms with Gasteiger partial charge in [0.2, 0.25) is 11.8 Å². The largest absolute Gasteiger partial charge is 0.350 e. The molecule has 26 heavy (non-hydrogen) atoms. The van der Waals surface area contributed by atoms with Gasteiger partial charge in [0.25, 0.3) is 0 Å². The second-order valence-electron chi connectivity index (χ2n) is 6.60. The minimum atomic E-state index is -0.0467. The Bertz CT molecular complexity index is 811. The Labute approximate surface area is 157 Å². The second kappa shape index (κ2) is 8.27. The Balaban J connectivity index is 1.61. The molecular formula is C20H23N3O2S. The van der Waals surface area contributed by atoms with Crippen molar-refractivity contribution in [2.24, 2.45) is 5.92 Å². The van der Waals surface area contributed by atoms with E-state index in [0.29, 0.717) is 17.5 Å². The lowest BCUT2D eigenvalue weighted by molar-refractivity contribution is -0.119. The van der Waals surface area contributed by atoms with Crippen LogP contribution in [0, 0.1) is 5.92 Å². The summed E-state index contributed by atoms with van der Waals surface area (Å²) >= 11 is 1.43. The normalized spacial score (nSPS) is 17.1. The van der Waals surface area contributed by atoms with Gasteiger partial charge in [0.1, 0.15) is 0 Å². The lowest BCUT2D eigenvalue weighted by Gasteiger charge is -2.13. The van der Waals surface area contributed by atoms with Crippen molar-refractivity contribution in [2.75, 3.05) is 5.32 Å². The van der Waals surface area contributed by atoms with Crippen molar-refractivity contribution in [1.29, 1.82) is 0 Å². The Morgan fingerprint density at radius 1 is 1.31 bits per heavy atom. The van der Waals surface area contributed by atoms with Crippen molar-refractivity contribution < 1.29 is 9.59 Å². The summed E-state index contributed by atoms with van der Waals surface area (Å²) in [6.45, 7) is 3.46. The molecular weight excluding hydrogens is 346 g/mol. The topological polar surface area (TPSA) is 71.1 Å². The summed E-state index contributed by atoms with van der Waals surface area (Å²) in [5, 5.41) is 8.34. The van der Waals surface area contributed by atoms with Gasteiger partial charge in [-0.2, -0.15) is 0 Å². The first-order chi connectivity index (χ1) is 12.5. The number of carbonyl (C=O) groups is 2. The zero-order valence-electron chi connectivity index (χ0n) is 15.0. The number of hydrogen-bond donors (Lipinski definition) is 2. The molecule has 1 heterocycles. The smallest absolute Gasteiger partial charge is 0.226 e. The van der Waals surface area contributed by atoms with Gasteiger partial charge in [-0.05, 0) is 31.2 Å². The maximum atomic E-state index is 12.1. The van der Waals surface area contributed by atoms with E-state index in [-0.39, 0.29) is 17.9 Å². The average Bonchev–Trinajstić information content (AvgIpc) is 3.26. The molecule has 0 saturated carbocycles. The van der Waals surface area contributed by atoms with Crippen LogP contribution in [-0.2, 0) is 9.59 Å². The van der Waals surface area contributed by atoms with Gasteiger partial charge in [0.15, 0.2) is 5.13 Å². The van der Waals surface area contributed by atoms with E-state index in [1.807, 2.05) is 36.6 Å².